The largest absolute Gasteiger partial charge is 0.457 e. The van der Waals surface area contributed by atoms with Crippen LogP contribution >= 0.6 is 0 Å². The number of rotatable bonds is 38. The molecule has 6 N–H and O–H groups in total. The summed E-state index contributed by atoms with van der Waals surface area (Å²) in [5.41, 5.74) is 1.24. The van der Waals surface area contributed by atoms with Crippen LogP contribution in [0.1, 0.15) is 161 Å². The van der Waals surface area contributed by atoms with Crippen LogP contribution in [0.4, 0.5) is 8.78 Å². The molecule has 0 radical (unpaired) electrons. The van der Waals surface area contributed by atoms with Gasteiger partial charge in [-0.1, -0.05) is 135 Å². The van der Waals surface area contributed by atoms with Crippen LogP contribution in [0, 0.1) is 5.82 Å². The van der Waals surface area contributed by atoms with Crippen molar-refractivity contribution in [2.24, 2.45) is 0 Å². The monoisotopic (exact) mass is 852 g/mol. The summed E-state index contributed by atoms with van der Waals surface area (Å²) in [6, 6.07) is 12.9. The highest BCUT2D eigenvalue weighted by Crippen LogP contribution is 2.23. The van der Waals surface area contributed by atoms with Crippen LogP contribution in [0.2, 0.25) is 0 Å². The van der Waals surface area contributed by atoms with Crippen molar-refractivity contribution in [3.8, 4) is 11.5 Å². The molecule has 0 fully saturated rings. The van der Waals surface area contributed by atoms with E-state index in [1.54, 1.807) is 12.1 Å². The van der Waals surface area contributed by atoms with Gasteiger partial charge in [0.05, 0.1) is 32.0 Å². The Morgan fingerprint density at radius 2 is 1.18 bits per heavy atom. The SMILES string of the molecule is CCCCCCCCCCCCCC[C@@H](O)[C@@H](O)[C@H](CO[C@@H](OC(CO)[C@@H](F)CO)[C@H](C)O)NC(=O)CCCCCCCCCCc1ccc(Oc2ccc(F)cc2)cc1. The third-order valence-electron chi connectivity index (χ3n) is 11.0. The lowest BCUT2D eigenvalue weighted by atomic mass is 9.99. The molecule has 10 nitrogen and oxygen atoms in total. The molecule has 0 bridgehead atoms. The summed E-state index contributed by atoms with van der Waals surface area (Å²) >= 11 is 0. The molecule has 2 aromatic rings. The number of aryl methyl sites for hydroxylation is 1. The molecular formula is C48H79F2NO9. The molecule has 0 aromatic heterocycles. The fraction of sp³-hybridized carbons (Fsp3) is 0.729. The number of carbonyl (C=O) groups excluding carboxylic acids is 1. The Labute approximate surface area is 359 Å². The van der Waals surface area contributed by atoms with Gasteiger partial charge in [0.25, 0.3) is 0 Å². The highest BCUT2D eigenvalue weighted by molar-refractivity contribution is 5.76. The molecule has 2 rings (SSSR count). The number of ether oxygens (including phenoxy) is 3. The quantitative estimate of drug-likeness (QED) is 0.0286. The lowest BCUT2D eigenvalue weighted by molar-refractivity contribution is -0.234. The summed E-state index contributed by atoms with van der Waals surface area (Å²) in [6.45, 7) is 1.59. The number of carbonyl (C=O) groups is 1. The third kappa shape index (κ3) is 24.7. The summed E-state index contributed by atoms with van der Waals surface area (Å²) < 4.78 is 44.1. The number of aliphatic hydroxyl groups excluding tert-OH is 5. The van der Waals surface area contributed by atoms with Crippen molar-refractivity contribution in [1.82, 2.24) is 5.32 Å². The molecule has 0 saturated heterocycles. The minimum absolute atomic E-state index is 0.231. The minimum atomic E-state index is -1.91. The Hall–Kier alpha value is -2.71. The number of unbranched alkanes of at least 4 members (excludes halogenated alkanes) is 18. The van der Waals surface area contributed by atoms with E-state index in [9.17, 15) is 39.1 Å². The number of alkyl halides is 1. The Morgan fingerprint density at radius 1 is 0.683 bits per heavy atom. The van der Waals surface area contributed by atoms with Gasteiger partial charge in [-0.05, 0) is 74.6 Å². The first-order chi connectivity index (χ1) is 29.1. The molecule has 0 aliphatic rings. The first-order valence-corrected chi connectivity index (χ1v) is 23.1. The summed E-state index contributed by atoms with van der Waals surface area (Å²) in [7, 11) is 0. The van der Waals surface area contributed by atoms with E-state index in [2.05, 4.69) is 24.4 Å². The van der Waals surface area contributed by atoms with Crippen molar-refractivity contribution in [3.05, 3.63) is 59.9 Å². The van der Waals surface area contributed by atoms with Crippen molar-refractivity contribution in [2.45, 2.75) is 204 Å². The molecule has 0 aliphatic heterocycles. The molecule has 12 heteroatoms. The van der Waals surface area contributed by atoms with Crippen LogP contribution in [-0.4, -0.2) is 94.2 Å². The van der Waals surface area contributed by atoms with Gasteiger partial charge in [-0.2, -0.15) is 0 Å². The summed E-state index contributed by atoms with van der Waals surface area (Å²) in [6.07, 6.45) is 15.2. The maximum atomic E-state index is 14.1. The standard InChI is InChI=1S/C48H79F2NO9/c1-3-4-5-6-7-8-9-10-11-15-18-21-24-44(55)47(57)43(36-58-48(37(2)54)60-45(35-53)42(50)34-52)51-46(56)25-22-19-16-13-12-14-17-20-23-38-26-30-40(31-27-38)59-41-32-28-39(49)29-33-41/h26-33,37,42-45,47-48,52-55,57H,3-25,34-36H2,1-2H3,(H,51,56)/t37-,42-,43-,44+,45?,47-,48-/m0/s1. The Bertz CT molecular complexity index is 1320. The van der Waals surface area contributed by atoms with Crippen molar-refractivity contribution in [2.75, 3.05) is 19.8 Å². The zero-order valence-corrected chi connectivity index (χ0v) is 36.7. The molecular weight excluding hydrogens is 773 g/mol. The highest BCUT2D eigenvalue weighted by atomic mass is 19.1. The lowest BCUT2D eigenvalue weighted by Crippen LogP contribution is -2.52. The number of hydrogen-bond acceptors (Lipinski definition) is 9. The Morgan fingerprint density at radius 3 is 1.70 bits per heavy atom. The Balaban J connectivity index is 1.72. The number of hydrogen-bond donors (Lipinski definition) is 6. The van der Waals surface area contributed by atoms with E-state index in [-0.39, 0.29) is 24.8 Å². The normalized spacial score (nSPS) is 15.2. The van der Waals surface area contributed by atoms with Gasteiger partial charge in [0.1, 0.15) is 35.6 Å². The van der Waals surface area contributed by atoms with Gasteiger partial charge >= 0.3 is 0 Å². The van der Waals surface area contributed by atoms with E-state index in [1.807, 2.05) is 12.1 Å². The van der Waals surface area contributed by atoms with Crippen molar-refractivity contribution in [3.63, 3.8) is 0 Å². The van der Waals surface area contributed by atoms with Crippen LogP contribution in [0.15, 0.2) is 48.5 Å². The van der Waals surface area contributed by atoms with E-state index in [0.717, 1.165) is 77.0 Å². The zero-order valence-electron chi connectivity index (χ0n) is 36.7. The number of benzene rings is 2. The molecule has 0 spiro atoms. The summed E-state index contributed by atoms with van der Waals surface area (Å²) in [4.78, 5) is 13.1. The predicted molar refractivity (Wildman–Crippen MR) is 233 cm³/mol. The number of halogens is 2. The Kier molecular flexibility index (Phi) is 30.1. The van der Waals surface area contributed by atoms with Gasteiger partial charge < -0.3 is 45.1 Å². The fourth-order valence-corrected chi connectivity index (χ4v) is 7.20. The van der Waals surface area contributed by atoms with Gasteiger partial charge in [-0.15, -0.1) is 0 Å². The topological polar surface area (TPSA) is 158 Å². The smallest absolute Gasteiger partial charge is 0.220 e. The van der Waals surface area contributed by atoms with Crippen molar-refractivity contribution in [1.29, 1.82) is 0 Å². The van der Waals surface area contributed by atoms with Crippen LogP contribution < -0.4 is 10.1 Å². The number of amides is 1. The fourth-order valence-electron chi connectivity index (χ4n) is 7.20. The molecule has 0 heterocycles. The molecule has 0 saturated carbocycles. The van der Waals surface area contributed by atoms with Gasteiger partial charge in [0.15, 0.2) is 12.5 Å². The van der Waals surface area contributed by atoms with Gasteiger partial charge in [0, 0.05) is 6.42 Å². The minimum Gasteiger partial charge on any atom is -0.457 e. The second kappa shape index (κ2) is 33.9. The molecule has 344 valence electrons. The van der Waals surface area contributed by atoms with Gasteiger partial charge in [-0.25, -0.2) is 8.78 Å². The third-order valence-corrected chi connectivity index (χ3v) is 11.0. The van der Waals surface area contributed by atoms with Crippen LogP contribution in [0.25, 0.3) is 0 Å². The highest BCUT2D eigenvalue weighted by Gasteiger charge is 2.32. The summed E-state index contributed by atoms with van der Waals surface area (Å²) in [5.74, 6) is 0.708. The van der Waals surface area contributed by atoms with Crippen molar-refractivity contribution >= 4 is 5.91 Å². The van der Waals surface area contributed by atoms with Crippen LogP contribution in [0.3, 0.4) is 0 Å². The van der Waals surface area contributed by atoms with Crippen molar-refractivity contribution < 1.29 is 53.3 Å². The maximum Gasteiger partial charge on any atom is 0.220 e. The second-order valence-electron chi connectivity index (χ2n) is 16.4. The number of nitrogens with one attached hydrogen (secondary N) is 1. The first kappa shape index (κ1) is 53.4. The van der Waals surface area contributed by atoms with Crippen LogP contribution in [-0.2, 0) is 20.7 Å². The van der Waals surface area contributed by atoms with Crippen LogP contribution in [0.5, 0.6) is 11.5 Å². The predicted octanol–water partition coefficient (Wildman–Crippen LogP) is 9.40. The molecule has 7 atom stereocenters. The van der Waals surface area contributed by atoms with E-state index in [4.69, 9.17) is 14.2 Å². The molecule has 2 aromatic carbocycles. The average Bonchev–Trinajstić information content (AvgIpc) is 3.24. The molecule has 1 unspecified atom stereocenters. The first-order valence-electron chi connectivity index (χ1n) is 23.1. The average molecular weight is 852 g/mol. The zero-order chi connectivity index (χ0) is 43.8. The van der Waals surface area contributed by atoms with Gasteiger partial charge in [-0.3, -0.25) is 4.79 Å². The molecule has 60 heavy (non-hydrogen) atoms. The van der Waals surface area contributed by atoms with E-state index < -0.39 is 56.1 Å². The molecule has 0 aliphatic carbocycles. The molecule has 1 amide bonds. The van der Waals surface area contributed by atoms with Gasteiger partial charge in [0.2, 0.25) is 5.91 Å². The maximum absolute atomic E-state index is 14.1. The van der Waals surface area contributed by atoms with E-state index >= 15 is 0 Å². The van der Waals surface area contributed by atoms with E-state index in [1.165, 1.54) is 76.0 Å². The number of aliphatic hydroxyl groups is 5. The lowest BCUT2D eigenvalue weighted by Gasteiger charge is -2.31. The van der Waals surface area contributed by atoms with E-state index in [0.29, 0.717) is 24.3 Å². The second-order valence-corrected chi connectivity index (χ2v) is 16.4. The summed E-state index contributed by atoms with van der Waals surface area (Å²) in [5, 5.41) is 53.9.